The average Bonchev–Trinajstić information content (AvgIpc) is 3.67. The van der Waals surface area contributed by atoms with Gasteiger partial charge >= 0.3 is 0 Å². The number of hydrogen-bond donors (Lipinski definition) is 1. The first kappa shape index (κ1) is 26.7. The predicted octanol–water partition coefficient (Wildman–Crippen LogP) is 5.23. The standard InChI is InChI=1S/C19H20N4O2S.C9H15NO/c1-12-16(26-10-20-12)13-5-7-14(8-6-13)19(2)18(25)21-17(22-19)15-4-3-9-23(15)11-24;1-6(2)8(4)9-5-7(3)10-11-9/h5-8,10-11,15H,3-4,9H2,1-2H3,(H,21,22,25);5-6,8H,1-4H3. The van der Waals surface area contributed by atoms with Crippen molar-refractivity contribution in [3.63, 3.8) is 0 Å². The Hall–Kier alpha value is -3.33. The molecule has 4 heterocycles. The third-order valence-corrected chi connectivity index (χ3v) is 8.30. The lowest BCUT2D eigenvalue weighted by atomic mass is 9.91. The van der Waals surface area contributed by atoms with E-state index in [-0.39, 0.29) is 11.9 Å². The molecule has 37 heavy (non-hydrogen) atoms. The first-order valence-corrected chi connectivity index (χ1v) is 13.6. The molecule has 1 aromatic carbocycles. The minimum atomic E-state index is -0.965. The van der Waals surface area contributed by atoms with Crippen LogP contribution < -0.4 is 5.32 Å². The highest BCUT2D eigenvalue weighted by Gasteiger charge is 2.44. The van der Waals surface area contributed by atoms with Gasteiger partial charge in [0.05, 0.1) is 27.8 Å². The molecule has 8 nitrogen and oxygen atoms in total. The first-order chi connectivity index (χ1) is 17.6. The van der Waals surface area contributed by atoms with Crippen molar-refractivity contribution in [3.05, 3.63) is 58.6 Å². The number of carbonyl (C=O) groups is 2. The number of thiazole rings is 1. The van der Waals surface area contributed by atoms with E-state index in [1.165, 1.54) is 0 Å². The summed E-state index contributed by atoms with van der Waals surface area (Å²) < 4.78 is 5.14. The van der Waals surface area contributed by atoms with E-state index < -0.39 is 5.54 Å². The zero-order valence-corrected chi connectivity index (χ0v) is 23.1. The van der Waals surface area contributed by atoms with Crippen molar-refractivity contribution in [2.24, 2.45) is 10.9 Å². The van der Waals surface area contributed by atoms with Gasteiger partial charge in [0.1, 0.15) is 11.6 Å². The maximum Gasteiger partial charge on any atom is 0.257 e. The number of aliphatic imine (C=N–C) groups is 1. The van der Waals surface area contributed by atoms with Crippen molar-refractivity contribution >= 4 is 29.5 Å². The van der Waals surface area contributed by atoms with Crippen LogP contribution in [-0.2, 0) is 15.1 Å². The fraction of sp³-hybridized carbons (Fsp3) is 0.464. The summed E-state index contributed by atoms with van der Waals surface area (Å²) in [5, 5.41) is 6.75. The summed E-state index contributed by atoms with van der Waals surface area (Å²) in [7, 11) is 0. The number of amidine groups is 1. The third kappa shape index (κ3) is 5.51. The molecule has 1 saturated heterocycles. The van der Waals surface area contributed by atoms with Crippen LogP contribution in [0.2, 0.25) is 0 Å². The van der Waals surface area contributed by atoms with E-state index in [0.717, 1.165) is 52.4 Å². The van der Waals surface area contributed by atoms with E-state index in [9.17, 15) is 9.59 Å². The number of amides is 2. The largest absolute Gasteiger partial charge is 0.361 e. The van der Waals surface area contributed by atoms with Gasteiger partial charge in [0.15, 0.2) is 5.54 Å². The molecule has 9 heteroatoms. The SMILES string of the molecule is Cc1cc(C(C)C(C)C)on1.Cc1ncsc1-c1ccc(C2(C)N=C(C3CCCN3C=O)NC2=O)cc1. The smallest absolute Gasteiger partial charge is 0.257 e. The van der Waals surface area contributed by atoms with E-state index >= 15 is 0 Å². The van der Waals surface area contributed by atoms with Gasteiger partial charge in [0.2, 0.25) is 6.41 Å². The molecule has 2 aromatic heterocycles. The summed E-state index contributed by atoms with van der Waals surface area (Å²) >= 11 is 1.60. The molecule has 3 aromatic rings. The molecule has 2 aliphatic heterocycles. The topological polar surface area (TPSA) is 101 Å². The monoisotopic (exact) mass is 521 g/mol. The molecule has 1 N–H and O–H groups in total. The lowest BCUT2D eigenvalue weighted by Crippen LogP contribution is -2.43. The van der Waals surface area contributed by atoms with Crippen molar-refractivity contribution in [2.75, 3.05) is 6.54 Å². The Balaban J connectivity index is 0.000000245. The molecule has 0 spiro atoms. The molecule has 2 amide bonds. The highest BCUT2D eigenvalue weighted by molar-refractivity contribution is 7.13. The van der Waals surface area contributed by atoms with Gasteiger partial charge in [-0.1, -0.05) is 50.2 Å². The maximum absolute atomic E-state index is 12.7. The molecular formula is C28H35N5O3S. The fourth-order valence-corrected chi connectivity index (χ4v) is 5.38. The van der Waals surface area contributed by atoms with Crippen LogP contribution in [0.15, 0.2) is 45.4 Å². The van der Waals surface area contributed by atoms with Crippen LogP contribution in [0.25, 0.3) is 10.4 Å². The van der Waals surface area contributed by atoms with Gasteiger partial charge in [-0.2, -0.15) is 0 Å². The van der Waals surface area contributed by atoms with Gasteiger partial charge in [0.25, 0.3) is 5.91 Å². The van der Waals surface area contributed by atoms with Crippen LogP contribution in [0.5, 0.6) is 0 Å². The Bertz CT molecular complexity index is 1280. The van der Waals surface area contributed by atoms with Gasteiger partial charge in [-0.25, -0.2) is 9.98 Å². The van der Waals surface area contributed by atoms with E-state index in [1.54, 1.807) is 16.2 Å². The minimum absolute atomic E-state index is 0.127. The maximum atomic E-state index is 12.7. The Morgan fingerprint density at radius 1 is 1.22 bits per heavy atom. The Morgan fingerprint density at radius 3 is 2.51 bits per heavy atom. The molecule has 5 rings (SSSR count). The second-order valence-electron chi connectivity index (χ2n) is 10.3. The Labute approximate surface area is 222 Å². The summed E-state index contributed by atoms with van der Waals surface area (Å²) in [6.07, 6.45) is 2.60. The Morgan fingerprint density at radius 2 is 1.95 bits per heavy atom. The normalized spacial score (nSPS) is 21.9. The highest BCUT2D eigenvalue weighted by Crippen LogP contribution is 2.34. The third-order valence-electron chi connectivity index (χ3n) is 7.32. The molecule has 2 aliphatic rings. The van der Waals surface area contributed by atoms with Gasteiger partial charge in [0, 0.05) is 18.5 Å². The lowest BCUT2D eigenvalue weighted by Gasteiger charge is -2.19. The number of aromatic nitrogens is 2. The number of carbonyl (C=O) groups excluding carboxylic acids is 2. The van der Waals surface area contributed by atoms with Gasteiger partial charge in [-0.3, -0.25) is 9.59 Å². The van der Waals surface area contributed by atoms with E-state index in [1.807, 2.05) is 56.6 Å². The van der Waals surface area contributed by atoms with Crippen LogP contribution in [0, 0.1) is 19.8 Å². The number of hydrogen-bond acceptors (Lipinski definition) is 7. The van der Waals surface area contributed by atoms with Crippen LogP contribution in [-0.4, -0.2) is 45.8 Å². The molecular weight excluding hydrogens is 486 g/mol. The molecule has 0 radical (unpaired) electrons. The van der Waals surface area contributed by atoms with E-state index in [4.69, 9.17) is 9.52 Å². The molecule has 3 atom stereocenters. The van der Waals surface area contributed by atoms with Gasteiger partial charge in [-0.15, -0.1) is 11.3 Å². The summed E-state index contributed by atoms with van der Waals surface area (Å²) in [5.41, 5.74) is 4.76. The molecule has 1 fully saturated rings. The molecule has 196 valence electrons. The second kappa shape index (κ2) is 11.0. The summed E-state index contributed by atoms with van der Waals surface area (Å²) in [6, 6.07) is 9.80. The number of rotatable bonds is 6. The molecule has 3 unspecified atom stereocenters. The number of nitrogens with one attached hydrogen (secondary N) is 1. The molecule has 0 saturated carbocycles. The average molecular weight is 522 g/mol. The van der Waals surface area contributed by atoms with Crippen molar-refractivity contribution < 1.29 is 14.1 Å². The second-order valence-corrected chi connectivity index (χ2v) is 11.1. The highest BCUT2D eigenvalue weighted by atomic mass is 32.1. The van der Waals surface area contributed by atoms with Crippen molar-refractivity contribution in [1.82, 2.24) is 20.4 Å². The van der Waals surface area contributed by atoms with Crippen LogP contribution in [0.3, 0.4) is 0 Å². The van der Waals surface area contributed by atoms with Crippen LogP contribution in [0.1, 0.15) is 69.2 Å². The molecule has 0 bridgehead atoms. The lowest BCUT2D eigenvalue weighted by molar-refractivity contribution is -0.123. The van der Waals surface area contributed by atoms with Crippen molar-refractivity contribution in [3.8, 4) is 10.4 Å². The zero-order chi connectivity index (χ0) is 26.7. The summed E-state index contributed by atoms with van der Waals surface area (Å²) in [4.78, 5) is 35.7. The fourth-order valence-electron chi connectivity index (χ4n) is 4.57. The van der Waals surface area contributed by atoms with Gasteiger partial charge in [-0.05, 0) is 50.7 Å². The number of nitrogens with zero attached hydrogens (tertiary/aromatic N) is 4. The van der Waals surface area contributed by atoms with Gasteiger partial charge < -0.3 is 14.7 Å². The summed E-state index contributed by atoms with van der Waals surface area (Å²) in [5.74, 6) is 2.53. The van der Waals surface area contributed by atoms with Crippen LogP contribution >= 0.6 is 11.3 Å². The van der Waals surface area contributed by atoms with Crippen LogP contribution in [0.4, 0.5) is 0 Å². The predicted molar refractivity (Wildman–Crippen MR) is 146 cm³/mol. The Kier molecular flexibility index (Phi) is 7.92. The van der Waals surface area contributed by atoms with Crippen molar-refractivity contribution in [2.45, 2.75) is 71.9 Å². The van der Waals surface area contributed by atoms with E-state index in [0.29, 0.717) is 24.2 Å². The zero-order valence-electron chi connectivity index (χ0n) is 22.3. The van der Waals surface area contributed by atoms with E-state index in [2.05, 4.69) is 36.2 Å². The minimum Gasteiger partial charge on any atom is -0.361 e. The quantitative estimate of drug-likeness (QED) is 0.448. The number of likely N-dealkylation sites (tertiary alicyclic amines) is 1. The van der Waals surface area contributed by atoms with Crippen molar-refractivity contribution in [1.29, 1.82) is 0 Å². The first-order valence-electron chi connectivity index (χ1n) is 12.7. The number of aryl methyl sites for hydroxylation is 2. The summed E-state index contributed by atoms with van der Waals surface area (Å²) in [6.45, 7) is 13.0. The number of benzene rings is 1. The molecule has 0 aliphatic carbocycles.